The number of phenols is 1. The van der Waals surface area contributed by atoms with E-state index < -0.39 is 5.82 Å². The number of nitrogens with zero attached hydrogens (tertiary/aromatic N) is 2. The predicted molar refractivity (Wildman–Crippen MR) is 71.6 cm³/mol. The summed E-state index contributed by atoms with van der Waals surface area (Å²) in [5.74, 6) is -0.901. The number of rotatable bonds is 2. The molecule has 0 saturated carbocycles. The van der Waals surface area contributed by atoms with Crippen LogP contribution in [0.4, 0.5) is 4.39 Å². The van der Waals surface area contributed by atoms with Gasteiger partial charge < -0.3 is 9.51 Å². The van der Waals surface area contributed by atoms with Crippen molar-refractivity contribution in [3.8, 4) is 16.9 Å². The van der Waals surface area contributed by atoms with Crippen LogP contribution in [0.25, 0.3) is 16.6 Å². The molecule has 0 atom stereocenters. The van der Waals surface area contributed by atoms with E-state index in [-0.39, 0.29) is 5.75 Å². The van der Waals surface area contributed by atoms with Crippen molar-refractivity contribution < 1.29 is 9.50 Å². The van der Waals surface area contributed by atoms with Gasteiger partial charge in [0.25, 0.3) is 0 Å². The van der Waals surface area contributed by atoms with Gasteiger partial charge >= 0.3 is 0 Å². The Balaban J connectivity index is 2.22. The number of hydrogen-bond acceptors (Lipinski definition) is 2. The molecule has 3 aromatic rings. The Morgan fingerprint density at radius 3 is 2.95 bits per heavy atom. The number of hydrogen-bond donors (Lipinski definition) is 1. The third kappa shape index (κ3) is 1.95. The van der Waals surface area contributed by atoms with Gasteiger partial charge in [-0.1, -0.05) is 13.0 Å². The first-order chi connectivity index (χ1) is 9.19. The van der Waals surface area contributed by atoms with Gasteiger partial charge in [-0.05, 0) is 41.3 Å². The van der Waals surface area contributed by atoms with Crippen molar-refractivity contribution in [2.75, 3.05) is 0 Å². The van der Waals surface area contributed by atoms with Crippen molar-refractivity contribution in [2.45, 2.75) is 13.3 Å². The predicted octanol–water partition coefficient (Wildman–Crippen LogP) is 3.41. The van der Waals surface area contributed by atoms with Crippen LogP contribution in [0.2, 0.25) is 0 Å². The van der Waals surface area contributed by atoms with E-state index in [0.717, 1.165) is 28.6 Å². The standard InChI is InChI=1S/C15H13FN2O/c1-2-10-5-15(19)14(16)6-13(10)11-3-4-12-7-17-9-18(12)8-11/h3-9,19H,2H2,1H3. The van der Waals surface area contributed by atoms with Crippen LogP contribution in [0, 0.1) is 5.82 Å². The first-order valence-corrected chi connectivity index (χ1v) is 6.12. The molecular weight excluding hydrogens is 243 g/mol. The van der Waals surface area contributed by atoms with E-state index in [1.54, 1.807) is 12.5 Å². The van der Waals surface area contributed by atoms with E-state index in [2.05, 4.69) is 4.98 Å². The molecule has 3 rings (SSSR count). The Kier molecular flexibility index (Phi) is 2.71. The Morgan fingerprint density at radius 1 is 1.32 bits per heavy atom. The molecule has 0 aliphatic heterocycles. The third-order valence-corrected chi connectivity index (χ3v) is 3.27. The summed E-state index contributed by atoms with van der Waals surface area (Å²) in [6, 6.07) is 6.74. The Hall–Kier alpha value is -2.36. The first-order valence-electron chi connectivity index (χ1n) is 6.12. The fourth-order valence-corrected chi connectivity index (χ4v) is 2.25. The SMILES string of the molecule is CCc1cc(O)c(F)cc1-c1ccc2cncn2c1. The quantitative estimate of drug-likeness (QED) is 0.763. The van der Waals surface area contributed by atoms with Gasteiger partial charge in [-0.2, -0.15) is 0 Å². The highest BCUT2D eigenvalue weighted by atomic mass is 19.1. The lowest BCUT2D eigenvalue weighted by Crippen LogP contribution is -1.92. The van der Waals surface area contributed by atoms with E-state index in [1.807, 2.05) is 29.7 Å². The van der Waals surface area contributed by atoms with Crippen molar-refractivity contribution in [1.29, 1.82) is 0 Å². The topological polar surface area (TPSA) is 37.5 Å². The Bertz CT molecular complexity index is 749. The zero-order chi connectivity index (χ0) is 13.4. The average molecular weight is 256 g/mol. The van der Waals surface area contributed by atoms with Crippen molar-refractivity contribution in [1.82, 2.24) is 9.38 Å². The van der Waals surface area contributed by atoms with Gasteiger partial charge in [-0.3, -0.25) is 0 Å². The molecule has 1 aromatic carbocycles. The summed E-state index contributed by atoms with van der Waals surface area (Å²) in [7, 11) is 0. The summed E-state index contributed by atoms with van der Waals surface area (Å²) in [5, 5.41) is 9.45. The smallest absolute Gasteiger partial charge is 0.165 e. The molecule has 19 heavy (non-hydrogen) atoms. The van der Waals surface area contributed by atoms with Gasteiger partial charge in [0.2, 0.25) is 0 Å². The number of pyridine rings is 1. The van der Waals surface area contributed by atoms with Crippen LogP contribution >= 0.6 is 0 Å². The average Bonchev–Trinajstić information content (AvgIpc) is 2.88. The molecule has 96 valence electrons. The maximum absolute atomic E-state index is 13.6. The highest BCUT2D eigenvalue weighted by Gasteiger charge is 2.10. The molecule has 0 fully saturated rings. The van der Waals surface area contributed by atoms with Crippen molar-refractivity contribution in [3.05, 3.63) is 54.4 Å². The van der Waals surface area contributed by atoms with Crippen LogP contribution in [0.3, 0.4) is 0 Å². The largest absolute Gasteiger partial charge is 0.505 e. The number of phenolic OH excluding ortho intramolecular Hbond substituents is 1. The van der Waals surface area contributed by atoms with E-state index in [4.69, 9.17) is 0 Å². The molecule has 0 aliphatic rings. The number of imidazole rings is 1. The van der Waals surface area contributed by atoms with Crippen LogP contribution in [0.1, 0.15) is 12.5 Å². The number of benzene rings is 1. The molecular formula is C15H13FN2O. The second-order valence-corrected chi connectivity index (χ2v) is 4.46. The lowest BCUT2D eigenvalue weighted by Gasteiger charge is -2.10. The van der Waals surface area contributed by atoms with Crippen LogP contribution in [-0.4, -0.2) is 14.5 Å². The molecule has 0 unspecified atom stereocenters. The molecule has 0 spiro atoms. The second kappa shape index (κ2) is 4.39. The van der Waals surface area contributed by atoms with E-state index in [0.29, 0.717) is 0 Å². The van der Waals surface area contributed by atoms with Crippen LogP contribution in [0.15, 0.2) is 43.0 Å². The Morgan fingerprint density at radius 2 is 2.16 bits per heavy atom. The molecule has 0 aliphatic carbocycles. The van der Waals surface area contributed by atoms with E-state index >= 15 is 0 Å². The molecule has 0 saturated heterocycles. The van der Waals surface area contributed by atoms with E-state index in [9.17, 15) is 9.50 Å². The second-order valence-electron chi connectivity index (χ2n) is 4.46. The molecule has 0 bridgehead atoms. The van der Waals surface area contributed by atoms with Crippen molar-refractivity contribution >= 4 is 5.52 Å². The fraction of sp³-hybridized carbons (Fsp3) is 0.133. The summed E-state index contributed by atoms with van der Waals surface area (Å²) >= 11 is 0. The van der Waals surface area contributed by atoms with Gasteiger partial charge in [0.15, 0.2) is 11.6 Å². The van der Waals surface area contributed by atoms with Crippen molar-refractivity contribution in [3.63, 3.8) is 0 Å². The van der Waals surface area contributed by atoms with Gasteiger partial charge in [-0.15, -0.1) is 0 Å². The molecule has 0 radical (unpaired) electrons. The van der Waals surface area contributed by atoms with Crippen molar-refractivity contribution in [2.24, 2.45) is 0 Å². The summed E-state index contributed by atoms with van der Waals surface area (Å²) in [4.78, 5) is 4.06. The first kappa shape index (κ1) is 11.7. The highest BCUT2D eigenvalue weighted by molar-refractivity contribution is 5.69. The minimum Gasteiger partial charge on any atom is -0.505 e. The minimum atomic E-state index is -0.599. The molecule has 1 N–H and O–H groups in total. The van der Waals surface area contributed by atoms with Gasteiger partial charge in [0.05, 0.1) is 18.0 Å². The maximum Gasteiger partial charge on any atom is 0.165 e. The van der Waals surface area contributed by atoms with Crippen LogP contribution in [-0.2, 0) is 6.42 Å². The lowest BCUT2D eigenvalue weighted by atomic mass is 9.98. The molecule has 2 heterocycles. The number of aromatic hydroxyl groups is 1. The number of aromatic nitrogens is 2. The fourth-order valence-electron chi connectivity index (χ4n) is 2.25. The van der Waals surface area contributed by atoms with E-state index in [1.165, 1.54) is 12.1 Å². The molecule has 4 heteroatoms. The summed E-state index contributed by atoms with van der Waals surface area (Å²) < 4.78 is 15.5. The number of halogens is 1. The number of fused-ring (bicyclic) bond motifs is 1. The lowest BCUT2D eigenvalue weighted by molar-refractivity contribution is 0.432. The van der Waals surface area contributed by atoms with Crippen LogP contribution < -0.4 is 0 Å². The maximum atomic E-state index is 13.6. The zero-order valence-corrected chi connectivity index (χ0v) is 10.5. The van der Waals surface area contributed by atoms with Crippen LogP contribution in [0.5, 0.6) is 5.75 Å². The molecule has 0 amide bonds. The number of aryl methyl sites for hydroxylation is 1. The molecule has 3 nitrogen and oxygen atoms in total. The molecule has 2 aromatic heterocycles. The summed E-state index contributed by atoms with van der Waals surface area (Å²) in [6.07, 6.45) is 6.11. The van der Waals surface area contributed by atoms with Gasteiger partial charge in [0, 0.05) is 6.20 Å². The summed E-state index contributed by atoms with van der Waals surface area (Å²) in [6.45, 7) is 1.98. The van der Waals surface area contributed by atoms with Gasteiger partial charge in [0.1, 0.15) is 0 Å². The Labute approximate surface area is 110 Å². The minimum absolute atomic E-state index is 0.302. The third-order valence-electron chi connectivity index (χ3n) is 3.27. The monoisotopic (exact) mass is 256 g/mol. The van der Waals surface area contributed by atoms with Gasteiger partial charge in [-0.25, -0.2) is 9.37 Å². The normalized spacial score (nSPS) is 11.1. The highest BCUT2D eigenvalue weighted by Crippen LogP contribution is 2.30. The zero-order valence-electron chi connectivity index (χ0n) is 10.5. The summed E-state index contributed by atoms with van der Waals surface area (Å²) in [5.41, 5.74) is 3.61.